The SMILES string of the molecule is CCC(=O)NCCc1c(OC)ccc2ccc(OCc3ccccc3)cc12. The molecular formula is C23H25NO3. The summed E-state index contributed by atoms with van der Waals surface area (Å²) >= 11 is 0. The maximum Gasteiger partial charge on any atom is 0.219 e. The van der Waals surface area contributed by atoms with Crippen molar-refractivity contribution >= 4 is 16.7 Å². The highest BCUT2D eigenvalue weighted by Gasteiger charge is 2.10. The molecule has 0 saturated heterocycles. The summed E-state index contributed by atoms with van der Waals surface area (Å²) in [5.74, 6) is 1.70. The van der Waals surface area contributed by atoms with Gasteiger partial charge >= 0.3 is 0 Å². The molecule has 0 fully saturated rings. The number of fused-ring (bicyclic) bond motifs is 1. The molecule has 140 valence electrons. The second kappa shape index (κ2) is 9.08. The molecule has 27 heavy (non-hydrogen) atoms. The van der Waals surface area contributed by atoms with Gasteiger partial charge in [-0.25, -0.2) is 0 Å². The van der Waals surface area contributed by atoms with Gasteiger partial charge in [0.25, 0.3) is 0 Å². The normalized spacial score (nSPS) is 10.6. The average Bonchev–Trinajstić information content (AvgIpc) is 2.72. The van der Waals surface area contributed by atoms with Gasteiger partial charge in [0, 0.05) is 18.5 Å². The van der Waals surface area contributed by atoms with Gasteiger partial charge in [0.2, 0.25) is 5.91 Å². The molecule has 0 radical (unpaired) electrons. The first kappa shape index (κ1) is 18.8. The summed E-state index contributed by atoms with van der Waals surface area (Å²) in [6.45, 7) is 2.96. The zero-order chi connectivity index (χ0) is 19.1. The van der Waals surface area contributed by atoms with Crippen LogP contribution in [-0.4, -0.2) is 19.6 Å². The van der Waals surface area contributed by atoms with E-state index in [0.717, 1.165) is 33.4 Å². The lowest BCUT2D eigenvalue weighted by Gasteiger charge is -2.14. The molecule has 0 unspecified atom stereocenters. The quantitative estimate of drug-likeness (QED) is 0.641. The van der Waals surface area contributed by atoms with Gasteiger partial charge in [0.15, 0.2) is 0 Å². The Hall–Kier alpha value is -3.01. The number of benzene rings is 3. The van der Waals surface area contributed by atoms with Gasteiger partial charge in [-0.1, -0.05) is 49.4 Å². The summed E-state index contributed by atoms with van der Waals surface area (Å²) in [5.41, 5.74) is 2.21. The Balaban J connectivity index is 1.83. The molecule has 0 bridgehead atoms. The molecule has 0 heterocycles. The van der Waals surface area contributed by atoms with Crippen LogP contribution in [0.5, 0.6) is 11.5 Å². The van der Waals surface area contributed by atoms with Crippen molar-refractivity contribution in [3.8, 4) is 11.5 Å². The molecular weight excluding hydrogens is 338 g/mol. The van der Waals surface area contributed by atoms with Crippen molar-refractivity contribution in [3.63, 3.8) is 0 Å². The summed E-state index contributed by atoms with van der Waals surface area (Å²) < 4.78 is 11.5. The lowest BCUT2D eigenvalue weighted by molar-refractivity contribution is -0.120. The predicted octanol–water partition coefficient (Wildman–Crippen LogP) is 4.50. The minimum Gasteiger partial charge on any atom is -0.496 e. The Morgan fingerprint density at radius 3 is 2.56 bits per heavy atom. The topological polar surface area (TPSA) is 47.6 Å². The van der Waals surface area contributed by atoms with E-state index in [1.54, 1.807) is 7.11 Å². The summed E-state index contributed by atoms with van der Waals surface area (Å²) in [6, 6.07) is 20.2. The van der Waals surface area contributed by atoms with Gasteiger partial charge in [-0.15, -0.1) is 0 Å². The largest absolute Gasteiger partial charge is 0.496 e. The summed E-state index contributed by atoms with van der Waals surface area (Å²) in [7, 11) is 1.67. The highest BCUT2D eigenvalue weighted by Crippen LogP contribution is 2.31. The van der Waals surface area contributed by atoms with Crippen LogP contribution in [0.4, 0.5) is 0 Å². The fourth-order valence-electron chi connectivity index (χ4n) is 3.07. The van der Waals surface area contributed by atoms with Crippen LogP contribution in [0, 0.1) is 0 Å². The van der Waals surface area contributed by atoms with Crippen LogP contribution in [-0.2, 0) is 17.8 Å². The number of methoxy groups -OCH3 is 1. The molecule has 0 saturated carbocycles. The van der Waals surface area contributed by atoms with Crippen molar-refractivity contribution in [2.75, 3.05) is 13.7 Å². The van der Waals surface area contributed by atoms with Crippen molar-refractivity contribution in [2.24, 2.45) is 0 Å². The molecule has 1 amide bonds. The lowest BCUT2D eigenvalue weighted by Crippen LogP contribution is -2.24. The molecule has 0 aliphatic heterocycles. The lowest BCUT2D eigenvalue weighted by atomic mass is 10.0. The van der Waals surface area contributed by atoms with Crippen molar-refractivity contribution in [2.45, 2.75) is 26.4 Å². The van der Waals surface area contributed by atoms with Gasteiger partial charge in [0.05, 0.1) is 7.11 Å². The van der Waals surface area contributed by atoms with Crippen LogP contribution in [0.2, 0.25) is 0 Å². The summed E-state index contributed by atoms with van der Waals surface area (Å²) in [6.07, 6.45) is 1.19. The minimum absolute atomic E-state index is 0.0566. The van der Waals surface area contributed by atoms with Crippen molar-refractivity contribution in [3.05, 3.63) is 71.8 Å². The van der Waals surface area contributed by atoms with Gasteiger partial charge in [0.1, 0.15) is 18.1 Å². The van der Waals surface area contributed by atoms with E-state index in [1.807, 2.05) is 55.5 Å². The third-order valence-corrected chi connectivity index (χ3v) is 4.55. The van der Waals surface area contributed by atoms with Crippen LogP contribution in [0.1, 0.15) is 24.5 Å². The Bertz CT molecular complexity index is 906. The highest BCUT2D eigenvalue weighted by atomic mass is 16.5. The standard InChI is InChI=1S/C23H25NO3/c1-3-23(25)24-14-13-20-21-15-19(27-16-17-7-5-4-6-8-17)11-9-18(21)10-12-22(20)26-2/h4-12,15H,3,13-14,16H2,1-2H3,(H,24,25). The molecule has 1 N–H and O–H groups in total. The van der Waals surface area contributed by atoms with Crippen molar-refractivity contribution in [1.82, 2.24) is 5.32 Å². The summed E-state index contributed by atoms with van der Waals surface area (Å²) in [5, 5.41) is 5.15. The van der Waals surface area contributed by atoms with Gasteiger partial charge in [-0.3, -0.25) is 4.79 Å². The first-order valence-electron chi connectivity index (χ1n) is 9.24. The number of rotatable bonds is 8. The second-order valence-electron chi connectivity index (χ2n) is 6.36. The fraction of sp³-hybridized carbons (Fsp3) is 0.261. The van der Waals surface area contributed by atoms with Crippen molar-refractivity contribution in [1.29, 1.82) is 0 Å². The van der Waals surface area contributed by atoms with Crippen LogP contribution in [0.15, 0.2) is 60.7 Å². The van der Waals surface area contributed by atoms with Gasteiger partial charge < -0.3 is 14.8 Å². The van der Waals surface area contributed by atoms with E-state index in [0.29, 0.717) is 26.0 Å². The molecule has 3 aromatic rings. The number of amides is 1. The Morgan fingerprint density at radius 2 is 1.81 bits per heavy atom. The zero-order valence-corrected chi connectivity index (χ0v) is 15.8. The molecule has 0 aliphatic carbocycles. The van der Waals surface area contributed by atoms with E-state index in [-0.39, 0.29) is 5.91 Å². The molecule has 0 aromatic heterocycles. The molecule has 3 aromatic carbocycles. The Kier molecular flexibility index (Phi) is 6.31. The van der Waals surface area contributed by atoms with E-state index >= 15 is 0 Å². The number of carbonyl (C=O) groups excluding carboxylic acids is 1. The van der Waals surface area contributed by atoms with Crippen LogP contribution in [0.25, 0.3) is 10.8 Å². The second-order valence-corrected chi connectivity index (χ2v) is 6.36. The Labute approximate surface area is 160 Å². The summed E-state index contributed by atoms with van der Waals surface area (Å²) in [4.78, 5) is 11.5. The number of hydrogen-bond donors (Lipinski definition) is 1. The van der Waals surface area contributed by atoms with E-state index in [1.165, 1.54) is 0 Å². The monoisotopic (exact) mass is 363 g/mol. The van der Waals surface area contributed by atoms with E-state index in [4.69, 9.17) is 9.47 Å². The maximum atomic E-state index is 11.5. The first-order valence-corrected chi connectivity index (χ1v) is 9.24. The average molecular weight is 363 g/mol. The number of carbonyl (C=O) groups is 1. The fourth-order valence-corrected chi connectivity index (χ4v) is 3.07. The van der Waals surface area contributed by atoms with Crippen LogP contribution < -0.4 is 14.8 Å². The molecule has 0 atom stereocenters. The Morgan fingerprint density at radius 1 is 1.04 bits per heavy atom. The number of ether oxygens (including phenoxy) is 2. The third kappa shape index (κ3) is 4.79. The molecule has 3 rings (SSSR count). The van der Waals surface area contributed by atoms with Gasteiger partial charge in [-0.2, -0.15) is 0 Å². The van der Waals surface area contributed by atoms with E-state index in [9.17, 15) is 4.79 Å². The zero-order valence-electron chi connectivity index (χ0n) is 15.8. The number of nitrogens with one attached hydrogen (secondary N) is 1. The molecule has 0 aliphatic rings. The first-order chi connectivity index (χ1) is 13.2. The van der Waals surface area contributed by atoms with E-state index < -0.39 is 0 Å². The van der Waals surface area contributed by atoms with Crippen LogP contribution in [0.3, 0.4) is 0 Å². The third-order valence-electron chi connectivity index (χ3n) is 4.55. The predicted molar refractivity (Wildman–Crippen MR) is 108 cm³/mol. The van der Waals surface area contributed by atoms with Crippen molar-refractivity contribution < 1.29 is 14.3 Å². The molecule has 0 spiro atoms. The molecule has 4 heteroatoms. The minimum atomic E-state index is 0.0566. The smallest absolute Gasteiger partial charge is 0.219 e. The molecule has 4 nitrogen and oxygen atoms in total. The number of hydrogen-bond acceptors (Lipinski definition) is 3. The highest BCUT2D eigenvalue weighted by molar-refractivity contribution is 5.89. The van der Waals surface area contributed by atoms with Crippen LogP contribution >= 0.6 is 0 Å². The maximum absolute atomic E-state index is 11.5. The van der Waals surface area contributed by atoms with E-state index in [2.05, 4.69) is 17.4 Å². The van der Waals surface area contributed by atoms with Gasteiger partial charge in [-0.05, 0) is 41.0 Å².